The Morgan fingerprint density at radius 1 is 1.17 bits per heavy atom. The van der Waals surface area contributed by atoms with Crippen molar-refractivity contribution in [1.29, 1.82) is 0 Å². The largest absolute Gasteiger partial charge is 0.337 e. The summed E-state index contributed by atoms with van der Waals surface area (Å²) < 4.78 is 25.2. The van der Waals surface area contributed by atoms with E-state index in [-0.39, 0.29) is 11.6 Å². The number of hydrogen-bond donors (Lipinski definition) is 1. The molecule has 2 rings (SSSR count). The Morgan fingerprint density at radius 2 is 1.87 bits per heavy atom. The Bertz CT molecular complexity index is 822. The molecule has 0 heterocycles. The molecule has 0 saturated heterocycles. The van der Waals surface area contributed by atoms with Gasteiger partial charge in [0.2, 0.25) is 10.0 Å². The van der Waals surface area contributed by atoms with Crippen molar-refractivity contribution >= 4 is 33.2 Å². The summed E-state index contributed by atoms with van der Waals surface area (Å²) in [5, 5.41) is 0.600. The van der Waals surface area contributed by atoms with Gasteiger partial charge >= 0.3 is 0 Å². The molecule has 0 spiro atoms. The van der Waals surface area contributed by atoms with Gasteiger partial charge in [0.25, 0.3) is 5.91 Å². The number of rotatable bonds is 5. The summed E-state index contributed by atoms with van der Waals surface area (Å²) in [4.78, 5) is 14.1. The molecular formula is C16H17ClN2O3S. The van der Waals surface area contributed by atoms with Gasteiger partial charge in [-0.15, -0.1) is 0 Å². The van der Waals surface area contributed by atoms with Crippen LogP contribution in [0.1, 0.15) is 15.9 Å². The summed E-state index contributed by atoms with van der Waals surface area (Å²) in [7, 11) is -1.81. The molecule has 5 nitrogen and oxygen atoms in total. The highest BCUT2D eigenvalue weighted by Gasteiger charge is 2.17. The lowest BCUT2D eigenvalue weighted by Crippen LogP contribution is -2.27. The van der Waals surface area contributed by atoms with Gasteiger partial charge in [-0.05, 0) is 29.8 Å². The molecular weight excluding hydrogens is 336 g/mol. The summed E-state index contributed by atoms with van der Waals surface area (Å²) in [6.45, 7) is 0.368. The lowest BCUT2D eigenvalue weighted by Gasteiger charge is -2.19. The molecule has 0 unspecified atom stereocenters. The monoisotopic (exact) mass is 352 g/mol. The highest BCUT2D eigenvalue weighted by atomic mass is 35.5. The summed E-state index contributed by atoms with van der Waals surface area (Å²) in [6.07, 6.45) is 1.05. The quantitative estimate of drug-likeness (QED) is 0.899. The van der Waals surface area contributed by atoms with Gasteiger partial charge in [0.1, 0.15) is 0 Å². The van der Waals surface area contributed by atoms with E-state index in [1.807, 2.05) is 12.1 Å². The molecule has 1 amide bonds. The molecule has 0 fully saturated rings. The third-order valence-electron chi connectivity index (χ3n) is 3.11. The maximum absolute atomic E-state index is 12.6. The minimum Gasteiger partial charge on any atom is -0.337 e. The van der Waals surface area contributed by atoms with Gasteiger partial charge < -0.3 is 4.90 Å². The molecule has 0 aliphatic heterocycles. The third-order valence-corrected chi connectivity index (χ3v) is 3.93. The first-order valence-corrected chi connectivity index (χ1v) is 9.10. The van der Waals surface area contributed by atoms with E-state index in [0.29, 0.717) is 17.1 Å². The second-order valence-corrected chi connectivity index (χ2v) is 7.40. The molecule has 0 saturated carbocycles. The number of sulfonamides is 1. The highest BCUT2D eigenvalue weighted by molar-refractivity contribution is 7.92. The van der Waals surface area contributed by atoms with Crippen molar-refractivity contribution in [1.82, 2.24) is 4.90 Å². The van der Waals surface area contributed by atoms with Crippen LogP contribution in [0.5, 0.6) is 0 Å². The standard InChI is InChI=1S/C16H17ClN2O3S/c1-19(11-12-6-5-7-13(17)10-12)16(20)14-8-3-4-9-15(14)18-23(2,21)22/h3-10,18H,11H2,1-2H3. The van der Waals surface area contributed by atoms with E-state index in [9.17, 15) is 13.2 Å². The number of anilines is 1. The van der Waals surface area contributed by atoms with Crippen LogP contribution in [-0.2, 0) is 16.6 Å². The average Bonchev–Trinajstić information content (AvgIpc) is 2.45. The maximum Gasteiger partial charge on any atom is 0.256 e. The van der Waals surface area contributed by atoms with Crippen LogP contribution in [0.3, 0.4) is 0 Å². The smallest absolute Gasteiger partial charge is 0.256 e. The predicted molar refractivity (Wildman–Crippen MR) is 92.2 cm³/mol. The summed E-state index contributed by atoms with van der Waals surface area (Å²) in [5.41, 5.74) is 1.45. The van der Waals surface area contributed by atoms with E-state index in [0.717, 1.165) is 11.8 Å². The van der Waals surface area contributed by atoms with Crippen LogP contribution in [0.15, 0.2) is 48.5 Å². The molecule has 0 bridgehead atoms. The Balaban J connectivity index is 2.23. The van der Waals surface area contributed by atoms with Crippen LogP contribution >= 0.6 is 11.6 Å². The number of hydrogen-bond acceptors (Lipinski definition) is 3. The second-order valence-electron chi connectivity index (χ2n) is 5.21. The Hall–Kier alpha value is -2.05. The van der Waals surface area contributed by atoms with Crippen molar-refractivity contribution < 1.29 is 13.2 Å². The zero-order valence-corrected chi connectivity index (χ0v) is 14.4. The van der Waals surface area contributed by atoms with Crippen LogP contribution in [0, 0.1) is 0 Å². The van der Waals surface area contributed by atoms with E-state index in [1.54, 1.807) is 43.4 Å². The fourth-order valence-electron chi connectivity index (χ4n) is 2.14. The summed E-state index contributed by atoms with van der Waals surface area (Å²) >= 11 is 5.94. The van der Waals surface area contributed by atoms with Crippen molar-refractivity contribution in [3.63, 3.8) is 0 Å². The number of amides is 1. The lowest BCUT2D eigenvalue weighted by atomic mass is 10.1. The molecule has 0 aliphatic rings. The van der Waals surface area contributed by atoms with Crippen molar-refractivity contribution in [3.05, 3.63) is 64.7 Å². The Kier molecular flexibility index (Phi) is 5.28. The van der Waals surface area contributed by atoms with Crippen molar-refractivity contribution in [2.75, 3.05) is 18.0 Å². The van der Waals surface area contributed by atoms with E-state index >= 15 is 0 Å². The topological polar surface area (TPSA) is 66.5 Å². The normalized spacial score (nSPS) is 11.1. The van der Waals surface area contributed by atoms with Crippen LogP contribution < -0.4 is 4.72 Å². The molecule has 2 aromatic rings. The molecule has 0 atom stereocenters. The van der Waals surface area contributed by atoms with E-state index < -0.39 is 10.0 Å². The number of carbonyl (C=O) groups excluding carboxylic acids is 1. The van der Waals surface area contributed by atoms with E-state index in [2.05, 4.69) is 4.72 Å². The van der Waals surface area contributed by atoms with Crippen molar-refractivity contribution in [2.24, 2.45) is 0 Å². The molecule has 7 heteroatoms. The highest BCUT2D eigenvalue weighted by Crippen LogP contribution is 2.19. The van der Waals surface area contributed by atoms with Gasteiger partial charge in [-0.25, -0.2) is 8.42 Å². The maximum atomic E-state index is 12.6. The minimum atomic E-state index is -3.46. The van der Waals surface area contributed by atoms with Crippen LogP contribution in [0.25, 0.3) is 0 Å². The molecule has 0 radical (unpaired) electrons. The van der Waals surface area contributed by atoms with Crippen molar-refractivity contribution in [3.8, 4) is 0 Å². The van der Waals surface area contributed by atoms with Crippen LogP contribution in [0.2, 0.25) is 5.02 Å². The first kappa shape index (κ1) is 17.3. The molecule has 0 aliphatic carbocycles. The SMILES string of the molecule is CN(Cc1cccc(Cl)c1)C(=O)c1ccccc1NS(C)(=O)=O. The van der Waals surface area contributed by atoms with Gasteiger partial charge in [0.05, 0.1) is 17.5 Å². The number of nitrogens with zero attached hydrogens (tertiary/aromatic N) is 1. The summed E-state index contributed by atoms with van der Waals surface area (Å²) in [5.74, 6) is -0.281. The molecule has 2 aromatic carbocycles. The minimum absolute atomic E-state index is 0.262. The second kappa shape index (κ2) is 7.02. The fourth-order valence-corrected chi connectivity index (χ4v) is 2.94. The first-order chi connectivity index (χ1) is 10.8. The van der Waals surface area contributed by atoms with Gasteiger partial charge in [0.15, 0.2) is 0 Å². The first-order valence-electron chi connectivity index (χ1n) is 6.83. The predicted octanol–water partition coefficient (Wildman–Crippen LogP) is 2.98. The third kappa shape index (κ3) is 4.97. The van der Waals surface area contributed by atoms with Crippen LogP contribution in [0.4, 0.5) is 5.69 Å². The number of benzene rings is 2. The number of carbonyl (C=O) groups is 1. The molecule has 23 heavy (non-hydrogen) atoms. The van der Waals surface area contributed by atoms with Gasteiger partial charge in [-0.2, -0.15) is 0 Å². The van der Waals surface area contributed by atoms with E-state index in [1.165, 1.54) is 4.90 Å². The molecule has 1 N–H and O–H groups in total. The zero-order chi connectivity index (χ0) is 17.0. The van der Waals surface area contributed by atoms with Gasteiger partial charge in [-0.3, -0.25) is 9.52 Å². The number of nitrogens with one attached hydrogen (secondary N) is 1. The molecule has 122 valence electrons. The van der Waals surface area contributed by atoms with Gasteiger partial charge in [-0.1, -0.05) is 35.9 Å². The fraction of sp³-hybridized carbons (Fsp3) is 0.188. The lowest BCUT2D eigenvalue weighted by molar-refractivity contribution is 0.0786. The Morgan fingerprint density at radius 3 is 2.52 bits per heavy atom. The number of para-hydroxylation sites is 1. The zero-order valence-electron chi connectivity index (χ0n) is 12.8. The summed E-state index contributed by atoms with van der Waals surface area (Å²) in [6, 6.07) is 13.7. The van der Waals surface area contributed by atoms with Crippen molar-refractivity contribution in [2.45, 2.75) is 6.54 Å². The Labute approximate surface area is 140 Å². The number of halogens is 1. The van der Waals surface area contributed by atoms with E-state index in [4.69, 9.17) is 11.6 Å². The molecule has 0 aromatic heterocycles. The average molecular weight is 353 g/mol. The van der Waals surface area contributed by atoms with Crippen LogP contribution in [-0.4, -0.2) is 32.5 Å². The van der Waals surface area contributed by atoms with Gasteiger partial charge in [0, 0.05) is 18.6 Å².